The average Bonchev–Trinajstić information content (AvgIpc) is 2.23. The van der Waals surface area contributed by atoms with E-state index in [2.05, 4.69) is 0 Å². The number of alkyl halides is 3. The Hall–Kier alpha value is -1.14. The summed E-state index contributed by atoms with van der Waals surface area (Å²) in [5, 5.41) is 8.59. The van der Waals surface area contributed by atoms with Gasteiger partial charge in [0.05, 0.1) is 5.56 Å². The summed E-state index contributed by atoms with van der Waals surface area (Å²) in [7, 11) is 0. The van der Waals surface area contributed by atoms with Gasteiger partial charge in [0.2, 0.25) is 0 Å². The van der Waals surface area contributed by atoms with E-state index in [1.807, 2.05) is 0 Å². The normalized spacial score (nSPS) is 13.8. The van der Waals surface area contributed by atoms with Crippen molar-refractivity contribution in [3.8, 4) is 0 Å². The van der Waals surface area contributed by atoms with Crippen LogP contribution >= 0.6 is 0 Å². The lowest BCUT2D eigenvalue weighted by atomic mass is 9.97. The maximum atomic E-state index is 13.2. The molecule has 0 unspecified atom stereocenters. The van der Waals surface area contributed by atoms with Crippen molar-refractivity contribution in [2.24, 2.45) is 5.73 Å². The summed E-state index contributed by atoms with van der Waals surface area (Å²) in [6.07, 6.45) is -4.32. The van der Waals surface area contributed by atoms with Crippen molar-refractivity contribution in [1.82, 2.24) is 0 Å². The fourth-order valence-electron chi connectivity index (χ4n) is 1.62. The zero-order valence-corrected chi connectivity index (χ0v) is 8.97. The minimum atomic E-state index is -4.77. The highest BCUT2D eigenvalue weighted by Gasteiger charge is 2.37. The highest BCUT2D eigenvalue weighted by molar-refractivity contribution is 5.33. The predicted molar refractivity (Wildman–Crippen MR) is 54.7 cm³/mol. The summed E-state index contributed by atoms with van der Waals surface area (Å²) < 4.78 is 51.1. The molecule has 0 saturated heterocycles. The Morgan fingerprint density at radius 2 is 1.94 bits per heavy atom. The molecule has 0 aliphatic rings. The van der Waals surface area contributed by atoms with Crippen LogP contribution in [0.2, 0.25) is 0 Å². The summed E-state index contributed by atoms with van der Waals surface area (Å²) in [5.41, 5.74) is 3.98. The van der Waals surface area contributed by atoms with Crippen molar-refractivity contribution in [2.45, 2.75) is 25.1 Å². The van der Waals surface area contributed by atoms with Gasteiger partial charge in [0.25, 0.3) is 0 Å². The second-order valence-corrected chi connectivity index (χ2v) is 3.67. The van der Waals surface area contributed by atoms with Gasteiger partial charge in [-0.2, -0.15) is 13.2 Å². The van der Waals surface area contributed by atoms with Crippen LogP contribution in [0.3, 0.4) is 0 Å². The van der Waals surface area contributed by atoms with Gasteiger partial charge in [-0.05, 0) is 24.5 Å². The average molecular weight is 251 g/mol. The first-order valence-corrected chi connectivity index (χ1v) is 5.10. The summed E-state index contributed by atoms with van der Waals surface area (Å²) in [4.78, 5) is 0. The third kappa shape index (κ3) is 3.41. The monoisotopic (exact) mass is 251 g/mol. The standard InChI is InChI=1S/C11H13F4NO/c12-8-4-1-3-7(9(16)5-2-6-17)10(8)11(13,14)15/h1,3-4,9,17H,2,5-6,16H2/t9-/m0/s1. The van der Waals surface area contributed by atoms with E-state index in [-0.39, 0.29) is 25.0 Å². The summed E-state index contributed by atoms with van der Waals surface area (Å²) in [6, 6.07) is 2.17. The molecule has 2 nitrogen and oxygen atoms in total. The van der Waals surface area contributed by atoms with Crippen molar-refractivity contribution in [3.05, 3.63) is 35.1 Å². The number of halogens is 4. The number of aliphatic hydroxyl groups is 1. The lowest BCUT2D eigenvalue weighted by molar-refractivity contribution is -0.140. The van der Waals surface area contributed by atoms with Gasteiger partial charge in [-0.15, -0.1) is 0 Å². The third-order valence-electron chi connectivity index (χ3n) is 2.40. The number of benzene rings is 1. The topological polar surface area (TPSA) is 46.2 Å². The minimum Gasteiger partial charge on any atom is -0.396 e. The van der Waals surface area contributed by atoms with Crippen molar-refractivity contribution >= 4 is 0 Å². The van der Waals surface area contributed by atoms with Crippen LogP contribution in [0.1, 0.15) is 30.0 Å². The van der Waals surface area contributed by atoms with Gasteiger partial charge in [-0.3, -0.25) is 0 Å². The fourth-order valence-corrected chi connectivity index (χ4v) is 1.62. The highest BCUT2D eigenvalue weighted by atomic mass is 19.4. The molecule has 0 aliphatic carbocycles. The van der Waals surface area contributed by atoms with Gasteiger partial charge in [0.15, 0.2) is 0 Å². The second-order valence-electron chi connectivity index (χ2n) is 3.67. The van der Waals surface area contributed by atoms with Gasteiger partial charge in [-0.25, -0.2) is 4.39 Å². The van der Waals surface area contributed by atoms with Crippen molar-refractivity contribution in [2.75, 3.05) is 6.61 Å². The largest absolute Gasteiger partial charge is 0.419 e. The number of aliphatic hydroxyl groups excluding tert-OH is 1. The third-order valence-corrected chi connectivity index (χ3v) is 2.40. The molecule has 1 atom stereocenters. The first-order valence-electron chi connectivity index (χ1n) is 5.10. The number of hydrogen-bond donors (Lipinski definition) is 2. The lowest BCUT2D eigenvalue weighted by Gasteiger charge is -2.18. The molecule has 96 valence electrons. The van der Waals surface area contributed by atoms with E-state index >= 15 is 0 Å². The Balaban J connectivity index is 3.11. The molecule has 0 bridgehead atoms. The van der Waals surface area contributed by atoms with Crippen molar-refractivity contribution in [1.29, 1.82) is 0 Å². The van der Waals surface area contributed by atoms with Crippen LogP contribution in [0.25, 0.3) is 0 Å². The Kier molecular flexibility index (Phi) is 4.47. The first-order chi connectivity index (χ1) is 7.88. The van der Waals surface area contributed by atoms with Crippen LogP contribution in [-0.2, 0) is 6.18 Å². The molecular weight excluding hydrogens is 238 g/mol. The first kappa shape index (κ1) is 13.9. The molecule has 0 aliphatic heterocycles. The van der Waals surface area contributed by atoms with Gasteiger partial charge in [0.1, 0.15) is 5.82 Å². The van der Waals surface area contributed by atoms with E-state index in [1.54, 1.807) is 0 Å². The summed E-state index contributed by atoms with van der Waals surface area (Å²) in [6.45, 7) is -0.162. The summed E-state index contributed by atoms with van der Waals surface area (Å²) >= 11 is 0. The van der Waals surface area contributed by atoms with Crippen LogP contribution in [0, 0.1) is 5.82 Å². The molecule has 0 spiro atoms. The maximum Gasteiger partial charge on any atom is 0.419 e. The van der Waals surface area contributed by atoms with Gasteiger partial charge in [0, 0.05) is 12.6 Å². The quantitative estimate of drug-likeness (QED) is 0.808. The lowest BCUT2D eigenvalue weighted by Crippen LogP contribution is -2.19. The van der Waals surface area contributed by atoms with Crippen LogP contribution in [0.4, 0.5) is 17.6 Å². The SMILES string of the molecule is N[C@@H](CCCO)c1cccc(F)c1C(F)(F)F. The van der Waals surface area contributed by atoms with E-state index in [9.17, 15) is 17.6 Å². The fraction of sp³-hybridized carbons (Fsp3) is 0.455. The predicted octanol–water partition coefficient (Wildman–Crippen LogP) is 2.62. The molecular formula is C11H13F4NO. The van der Waals surface area contributed by atoms with E-state index in [0.717, 1.165) is 12.1 Å². The molecule has 0 fully saturated rings. The zero-order valence-electron chi connectivity index (χ0n) is 8.97. The Morgan fingerprint density at radius 1 is 1.29 bits per heavy atom. The van der Waals surface area contributed by atoms with E-state index < -0.39 is 23.6 Å². The van der Waals surface area contributed by atoms with Crippen LogP contribution < -0.4 is 5.73 Å². The molecule has 0 amide bonds. The maximum absolute atomic E-state index is 13.2. The minimum absolute atomic E-state index is 0.162. The van der Waals surface area contributed by atoms with Crippen LogP contribution in [0.5, 0.6) is 0 Å². The van der Waals surface area contributed by atoms with E-state index in [0.29, 0.717) is 0 Å². The molecule has 1 aromatic rings. The zero-order chi connectivity index (χ0) is 13.1. The molecule has 0 saturated carbocycles. The number of hydrogen-bond acceptors (Lipinski definition) is 2. The van der Waals surface area contributed by atoms with Crippen LogP contribution in [0.15, 0.2) is 18.2 Å². The van der Waals surface area contributed by atoms with Gasteiger partial charge in [-0.1, -0.05) is 12.1 Å². The summed E-state index contributed by atoms with van der Waals surface area (Å²) in [5.74, 6) is -1.32. The molecule has 0 aromatic heterocycles. The molecule has 17 heavy (non-hydrogen) atoms. The molecule has 0 radical (unpaired) electrons. The Morgan fingerprint density at radius 3 is 2.47 bits per heavy atom. The Labute approximate surface area is 96.1 Å². The number of rotatable bonds is 4. The van der Waals surface area contributed by atoms with Crippen LogP contribution in [-0.4, -0.2) is 11.7 Å². The molecule has 1 aromatic carbocycles. The van der Waals surface area contributed by atoms with Crippen molar-refractivity contribution < 1.29 is 22.7 Å². The van der Waals surface area contributed by atoms with Crippen molar-refractivity contribution in [3.63, 3.8) is 0 Å². The number of nitrogens with two attached hydrogens (primary N) is 1. The molecule has 0 heterocycles. The van der Waals surface area contributed by atoms with Gasteiger partial charge < -0.3 is 10.8 Å². The van der Waals surface area contributed by atoms with E-state index in [4.69, 9.17) is 10.8 Å². The smallest absolute Gasteiger partial charge is 0.396 e. The second kappa shape index (κ2) is 5.46. The molecule has 1 rings (SSSR count). The Bertz CT molecular complexity index is 378. The van der Waals surface area contributed by atoms with E-state index in [1.165, 1.54) is 6.07 Å². The highest BCUT2D eigenvalue weighted by Crippen LogP contribution is 2.36. The van der Waals surface area contributed by atoms with Gasteiger partial charge >= 0.3 is 6.18 Å². The molecule has 3 N–H and O–H groups in total. The molecule has 6 heteroatoms.